The van der Waals surface area contributed by atoms with E-state index < -0.39 is 24.3 Å². The summed E-state index contributed by atoms with van der Waals surface area (Å²) in [6, 6.07) is 0. The minimum absolute atomic E-state index is 0.150. The highest BCUT2D eigenvalue weighted by atomic mass is 16.7. The Balaban J connectivity index is 3.98. The van der Waals surface area contributed by atoms with Crippen molar-refractivity contribution in [1.29, 1.82) is 0 Å². The molecule has 0 radical (unpaired) electrons. The first-order valence-electron chi connectivity index (χ1n) is 30.9. The van der Waals surface area contributed by atoms with Gasteiger partial charge in [-0.25, -0.2) is 0 Å². The van der Waals surface area contributed by atoms with Gasteiger partial charge in [-0.15, -0.1) is 0 Å². The van der Waals surface area contributed by atoms with Crippen LogP contribution in [0.15, 0.2) is 60.8 Å². The van der Waals surface area contributed by atoms with Gasteiger partial charge in [-0.3, -0.25) is 9.59 Å². The number of allylic oxidation sites excluding steroid dienone is 10. The highest BCUT2D eigenvalue weighted by Crippen LogP contribution is 2.17. The van der Waals surface area contributed by atoms with Crippen LogP contribution in [0.3, 0.4) is 0 Å². The smallest absolute Gasteiger partial charge is 0.306 e. The van der Waals surface area contributed by atoms with Gasteiger partial charge in [-0.05, 0) is 57.8 Å². The van der Waals surface area contributed by atoms with Gasteiger partial charge in [0.2, 0.25) is 0 Å². The van der Waals surface area contributed by atoms with E-state index in [0.29, 0.717) is 23.9 Å². The molecule has 0 heterocycles. The fraction of sp³-hybridized carbons (Fsp3) is 0.800. The number of ether oxygens (including phenoxy) is 4. The Morgan fingerprint density at radius 3 is 1.15 bits per heavy atom. The van der Waals surface area contributed by atoms with Crippen LogP contribution in [-0.2, 0) is 33.3 Å². The molecule has 0 aromatic heterocycles. The summed E-state index contributed by atoms with van der Waals surface area (Å²) in [7, 11) is 5.93. The molecule has 430 valence electrons. The molecular weight excluding hydrogens is 923 g/mol. The van der Waals surface area contributed by atoms with Crippen LogP contribution in [0.5, 0.6) is 0 Å². The molecule has 2 atom stereocenters. The zero-order valence-electron chi connectivity index (χ0n) is 49.0. The van der Waals surface area contributed by atoms with Crippen LogP contribution in [0, 0.1) is 0 Å². The van der Waals surface area contributed by atoms with E-state index in [2.05, 4.69) is 74.6 Å². The number of carbonyl (C=O) groups is 3. The van der Waals surface area contributed by atoms with Crippen LogP contribution < -0.4 is 5.11 Å². The number of rotatable bonds is 57. The molecule has 0 N–H and O–H groups in total. The lowest BCUT2D eigenvalue weighted by atomic mass is 10.0. The fourth-order valence-electron chi connectivity index (χ4n) is 8.80. The van der Waals surface area contributed by atoms with E-state index in [1.54, 1.807) is 0 Å². The van der Waals surface area contributed by atoms with Crippen molar-refractivity contribution in [2.24, 2.45) is 0 Å². The van der Waals surface area contributed by atoms with Crippen molar-refractivity contribution in [3.8, 4) is 0 Å². The lowest BCUT2D eigenvalue weighted by Gasteiger charge is -2.26. The van der Waals surface area contributed by atoms with E-state index >= 15 is 0 Å². The van der Waals surface area contributed by atoms with E-state index in [1.807, 2.05) is 21.1 Å². The highest BCUT2D eigenvalue weighted by Gasteiger charge is 2.22. The standard InChI is InChI=1S/C65H117NO8/c1-6-8-10-12-14-16-18-20-21-22-23-24-25-26-27-28-29-30-31-32-33-34-35-36-37-38-39-40-41-42-43-44-46-48-50-52-54-56-63(68)74-61(60-73-65(64(69)70)71-58-57-66(3,4)5)59-72-62(67)55-53-51-49-47-45-19-17-15-13-11-9-7-2/h8,10,14,16,20-21,23-24,26-27,61,65H,6-7,9,11-13,15,17-19,22,25,28-60H2,1-5H3/b10-8-,16-14-,21-20-,24-23-,27-26-. The van der Waals surface area contributed by atoms with Gasteiger partial charge in [0, 0.05) is 12.8 Å². The second-order valence-electron chi connectivity index (χ2n) is 22.0. The quantitative estimate of drug-likeness (QED) is 0.0195. The molecule has 74 heavy (non-hydrogen) atoms. The first-order valence-corrected chi connectivity index (χ1v) is 30.9. The Morgan fingerprint density at radius 1 is 0.419 bits per heavy atom. The number of likely N-dealkylation sites (N-methyl/N-ethyl adjacent to an activating group) is 1. The highest BCUT2D eigenvalue weighted by molar-refractivity contribution is 5.70. The van der Waals surface area contributed by atoms with Crippen LogP contribution in [0.4, 0.5) is 0 Å². The molecule has 0 spiro atoms. The molecule has 0 aromatic rings. The third-order valence-electron chi connectivity index (χ3n) is 13.5. The van der Waals surface area contributed by atoms with Crippen LogP contribution in [0.1, 0.15) is 277 Å². The first-order chi connectivity index (χ1) is 36.1. The molecule has 0 aliphatic rings. The lowest BCUT2D eigenvalue weighted by Crippen LogP contribution is -2.44. The molecule has 0 aromatic carbocycles. The molecular formula is C65H117NO8. The van der Waals surface area contributed by atoms with Crippen LogP contribution in [0.2, 0.25) is 0 Å². The third-order valence-corrected chi connectivity index (χ3v) is 13.5. The van der Waals surface area contributed by atoms with Gasteiger partial charge in [-0.2, -0.15) is 0 Å². The summed E-state index contributed by atoms with van der Waals surface area (Å²) in [5.74, 6) is -2.27. The van der Waals surface area contributed by atoms with E-state index in [1.165, 1.54) is 180 Å². The van der Waals surface area contributed by atoms with Gasteiger partial charge in [0.1, 0.15) is 13.2 Å². The van der Waals surface area contributed by atoms with Crippen LogP contribution in [-0.4, -0.2) is 82.3 Å². The number of aliphatic carboxylic acids is 1. The summed E-state index contributed by atoms with van der Waals surface area (Å²) in [6.07, 6.45) is 68.7. The molecule has 0 saturated heterocycles. The van der Waals surface area contributed by atoms with E-state index in [0.717, 1.165) is 64.2 Å². The average Bonchev–Trinajstić information content (AvgIpc) is 3.37. The fourth-order valence-corrected chi connectivity index (χ4v) is 8.80. The van der Waals surface area contributed by atoms with Crippen LogP contribution >= 0.6 is 0 Å². The molecule has 0 bridgehead atoms. The minimum atomic E-state index is -1.62. The predicted octanol–water partition coefficient (Wildman–Crippen LogP) is 17.1. The maximum absolute atomic E-state index is 12.9. The number of unbranched alkanes of at least 4 members (excludes halogenated alkanes) is 32. The molecule has 0 aliphatic heterocycles. The van der Waals surface area contributed by atoms with Crippen molar-refractivity contribution >= 4 is 17.9 Å². The molecule has 0 aliphatic carbocycles. The summed E-state index contributed by atoms with van der Waals surface area (Å²) in [5.41, 5.74) is 0. The van der Waals surface area contributed by atoms with Crippen molar-refractivity contribution in [2.45, 2.75) is 289 Å². The normalized spacial score (nSPS) is 13.1. The zero-order valence-corrected chi connectivity index (χ0v) is 49.0. The summed E-state index contributed by atoms with van der Waals surface area (Å²) in [4.78, 5) is 37.2. The number of nitrogens with zero attached hydrogens (tertiary/aromatic N) is 1. The maximum atomic E-state index is 12.9. The van der Waals surface area contributed by atoms with Gasteiger partial charge in [0.15, 0.2) is 12.4 Å². The van der Waals surface area contributed by atoms with Gasteiger partial charge in [0.05, 0.1) is 40.3 Å². The molecule has 0 fully saturated rings. The van der Waals surface area contributed by atoms with Gasteiger partial charge >= 0.3 is 11.9 Å². The van der Waals surface area contributed by atoms with Crippen molar-refractivity contribution in [1.82, 2.24) is 0 Å². The average molecular weight is 1040 g/mol. The Morgan fingerprint density at radius 2 is 0.770 bits per heavy atom. The predicted molar refractivity (Wildman–Crippen MR) is 311 cm³/mol. The molecule has 0 rings (SSSR count). The number of carboxylic acids is 1. The second-order valence-corrected chi connectivity index (χ2v) is 22.0. The number of carboxylic acid groups (broad SMARTS) is 1. The molecule has 0 amide bonds. The summed E-state index contributed by atoms with van der Waals surface area (Å²) in [6.45, 7) is 4.65. The Kier molecular flexibility index (Phi) is 53.9. The first kappa shape index (κ1) is 71.0. The Hall–Kier alpha value is -3.01. The SMILES string of the molecule is CC/C=C\C/C=C\C/C=C\C/C=C\C/C=C\CCCCCCCCCCCCCCCCCCCCCCCC(=O)OC(COC(=O)CCCCCCCCCCCCCC)COC(OCC[N+](C)(C)C)C(=O)[O-]. The van der Waals surface area contributed by atoms with E-state index in [9.17, 15) is 19.5 Å². The van der Waals surface area contributed by atoms with Crippen molar-refractivity contribution in [2.75, 3.05) is 47.5 Å². The topological polar surface area (TPSA) is 111 Å². The maximum Gasteiger partial charge on any atom is 0.306 e. The van der Waals surface area contributed by atoms with Crippen molar-refractivity contribution < 1.29 is 42.9 Å². The summed E-state index contributed by atoms with van der Waals surface area (Å²) in [5, 5.41) is 11.8. The number of quaternary nitrogens is 1. The number of hydrogen-bond donors (Lipinski definition) is 0. The number of carbonyl (C=O) groups excluding carboxylic acids is 3. The Bertz CT molecular complexity index is 1400. The minimum Gasteiger partial charge on any atom is -0.545 e. The zero-order chi connectivity index (χ0) is 54.1. The number of esters is 2. The van der Waals surface area contributed by atoms with Gasteiger partial charge in [-0.1, -0.05) is 267 Å². The molecule has 9 heteroatoms. The largest absolute Gasteiger partial charge is 0.545 e. The summed E-state index contributed by atoms with van der Waals surface area (Å²) < 4.78 is 22.7. The molecule has 9 nitrogen and oxygen atoms in total. The van der Waals surface area contributed by atoms with Crippen molar-refractivity contribution in [3.05, 3.63) is 60.8 Å². The summed E-state index contributed by atoms with van der Waals surface area (Å²) >= 11 is 0. The third kappa shape index (κ3) is 56.7. The van der Waals surface area contributed by atoms with E-state index in [4.69, 9.17) is 18.9 Å². The lowest BCUT2D eigenvalue weighted by molar-refractivity contribution is -0.870. The molecule has 0 saturated carbocycles. The van der Waals surface area contributed by atoms with Gasteiger partial charge in [0.25, 0.3) is 0 Å². The van der Waals surface area contributed by atoms with Crippen molar-refractivity contribution in [3.63, 3.8) is 0 Å². The monoisotopic (exact) mass is 1040 g/mol. The second kappa shape index (κ2) is 56.2. The van der Waals surface area contributed by atoms with E-state index in [-0.39, 0.29) is 32.2 Å². The van der Waals surface area contributed by atoms with Crippen LogP contribution in [0.25, 0.3) is 0 Å². The number of hydrogen-bond acceptors (Lipinski definition) is 8. The van der Waals surface area contributed by atoms with Gasteiger partial charge < -0.3 is 33.3 Å². The molecule has 2 unspecified atom stereocenters. The Labute approximate surface area is 456 Å².